The molecule has 0 bridgehead atoms. The summed E-state index contributed by atoms with van der Waals surface area (Å²) in [6.45, 7) is 3.12. The van der Waals surface area contributed by atoms with Crippen molar-refractivity contribution in [3.05, 3.63) is 70.3 Å². The molecule has 1 aliphatic heterocycles. The third-order valence-corrected chi connectivity index (χ3v) is 6.91. The molecule has 16 heteroatoms. The number of hydrogen-bond acceptors (Lipinski definition) is 9. The fourth-order valence-electron chi connectivity index (χ4n) is 4.47. The van der Waals surface area contributed by atoms with Crippen LogP contribution in [-0.4, -0.2) is 86.3 Å². The molecule has 4 amide bonds. The number of likely N-dealkylation sites (tertiary alicyclic amines) is 1. The molecule has 46 heavy (non-hydrogen) atoms. The number of hydrogen-bond donors (Lipinski definition) is 6. The number of nitrogen functional groups attached to an aromatic ring is 1. The Morgan fingerprint density at radius 1 is 0.935 bits per heavy atom. The first-order valence-electron chi connectivity index (χ1n) is 14.4. The van der Waals surface area contributed by atoms with Crippen LogP contribution in [0.2, 0.25) is 0 Å². The summed E-state index contributed by atoms with van der Waals surface area (Å²) in [6.07, 6.45) is 0.323. The van der Waals surface area contributed by atoms with Crippen molar-refractivity contribution < 1.29 is 43.9 Å². The van der Waals surface area contributed by atoms with Gasteiger partial charge in [0.2, 0.25) is 23.6 Å². The molecule has 2 aromatic carbocycles. The average molecular weight is 643 g/mol. The first-order valence-corrected chi connectivity index (χ1v) is 14.4. The molecule has 0 aromatic heterocycles. The Morgan fingerprint density at radius 3 is 2.13 bits per heavy atom. The minimum Gasteiger partial charge on any atom is -0.481 e. The van der Waals surface area contributed by atoms with E-state index in [2.05, 4.69) is 16.0 Å². The molecule has 0 spiro atoms. The van der Waals surface area contributed by atoms with Crippen LogP contribution >= 0.6 is 0 Å². The van der Waals surface area contributed by atoms with E-state index in [0.29, 0.717) is 18.5 Å². The third kappa shape index (κ3) is 11.9. The van der Waals surface area contributed by atoms with Gasteiger partial charge in [-0.2, -0.15) is 0 Å². The summed E-state index contributed by atoms with van der Waals surface area (Å²) in [5, 5.41) is 35.7. The minimum absolute atomic E-state index is 0.0641. The molecule has 7 N–H and O–H groups in total. The van der Waals surface area contributed by atoms with E-state index in [-0.39, 0.29) is 31.5 Å². The topological polar surface area (TPSA) is 251 Å². The van der Waals surface area contributed by atoms with Gasteiger partial charge in [-0.3, -0.25) is 34.1 Å². The van der Waals surface area contributed by atoms with Crippen molar-refractivity contribution in [3.63, 3.8) is 0 Å². The van der Waals surface area contributed by atoms with E-state index in [1.54, 1.807) is 30.3 Å². The first kappa shape index (κ1) is 36.7. The number of rotatable bonds is 13. The SMILES string of the molecule is C[C@H](NC(=O)CCC(=O)O)C(=O)N[C@@H](C)C(=O)N1CCC[C@H]1C(=O)N[C@@H](Cc1ccccc1)C(=O)O.Nc1ccc([N+](=O)[O-])cc1. The Balaban J connectivity index is 0.000000623. The lowest BCUT2D eigenvalue weighted by Crippen LogP contribution is -2.56. The Hall–Kier alpha value is -5.54. The van der Waals surface area contributed by atoms with Crippen molar-refractivity contribution in [3.8, 4) is 0 Å². The second kappa shape index (κ2) is 17.7. The van der Waals surface area contributed by atoms with Crippen molar-refractivity contribution in [1.29, 1.82) is 0 Å². The molecule has 0 unspecified atom stereocenters. The summed E-state index contributed by atoms with van der Waals surface area (Å²) in [4.78, 5) is 83.2. The molecule has 0 radical (unpaired) electrons. The van der Waals surface area contributed by atoms with Crippen LogP contribution in [0.4, 0.5) is 11.4 Å². The molecule has 4 atom stereocenters. The summed E-state index contributed by atoms with van der Waals surface area (Å²) < 4.78 is 0. The Labute approximate surface area is 264 Å². The van der Waals surface area contributed by atoms with Gasteiger partial charge < -0.3 is 36.8 Å². The molecule has 1 saturated heterocycles. The van der Waals surface area contributed by atoms with Gasteiger partial charge in [0.05, 0.1) is 11.3 Å². The Kier molecular flexibility index (Phi) is 14.1. The number of carboxylic acids is 2. The fraction of sp³-hybridized carbons (Fsp3) is 0.400. The minimum atomic E-state index is -1.19. The highest BCUT2D eigenvalue weighted by Gasteiger charge is 2.38. The lowest BCUT2D eigenvalue weighted by atomic mass is 10.1. The van der Waals surface area contributed by atoms with Crippen LogP contribution in [0.25, 0.3) is 0 Å². The Bertz CT molecular complexity index is 1400. The van der Waals surface area contributed by atoms with Crippen LogP contribution in [-0.2, 0) is 35.2 Å². The molecule has 1 aliphatic rings. The van der Waals surface area contributed by atoms with E-state index in [0.717, 1.165) is 5.56 Å². The molecule has 0 saturated carbocycles. The smallest absolute Gasteiger partial charge is 0.326 e. The number of carbonyl (C=O) groups excluding carboxylic acids is 4. The van der Waals surface area contributed by atoms with Gasteiger partial charge >= 0.3 is 11.9 Å². The number of benzene rings is 2. The molecular formula is C30H38N6O10. The summed E-state index contributed by atoms with van der Waals surface area (Å²) >= 11 is 0. The maximum absolute atomic E-state index is 13.0. The lowest BCUT2D eigenvalue weighted by molar-refractivity contribution is -0.384. The van der Waals surface area contributed by atoms with Crippen LogP contribution in [0.15, 0.2) is 54.6 Å². The van der Waals surface area contributed by atoms with Gasteiger partial charge in [0.25, 0.3) is 5.69 Å². The van der Waals surface area contributed by atoms with E-state index in [1.807, 2.05) is 0 Å². The summed E-state index contributed by atoms with van der Waals surface area (Å²) in [5.74, 6) is -4.68. The summed E-state index contributed by atoms with van der Waals surface area (Å²) in [7, 11) is 0. The second-order valence-electron chi connectivity index (χ2n) is 10.5. The van der Waals surface area contributed by atoms with E-state index in [9.17, 15) is 44.0 Å². The molecule has 3 rings (SSSR count). The van der Waals surface area contributed by atoms with Gasteiger partial charge in [-0.25, -0.2) is 4.79 Å². The Morgan fingerprint density at radius 2 is 1.57 bits per heavy atom. The van der Waals surface area contributed by atoms with Gasteiger partial charge in [0.15, 0.2) is 0 Å². The highest BCUT2D eigenvalue weighted by Crippen LogP contribution is 2.19. The number of carbonyl (C=O) groups is 6. The number of carboxylic acid groups (broad SMARTS) is 2. The average Bonchev–Trinajstić information content (AvgIpc) is 3.50. The molecule has 2 aromatic rings. The van der Waals surface area contributed by atoms with Crippen molar-refractivity contribution >= 4 is 46.9 Å². The van der Waals surface area contributed by atoms with Crippen LogP contribution in [0.3, 0.4) is 0 Å². The maximum Gasteiger partial charge on any atom is 0.326 e. The number of anilines is 1. The van der Waals surface area contributed by atoms with E-state index < -0.39 is 64.7 Å². The fourth-order valence-corrected chi connectivity index (χ4v) is 4.47. The van der Waals surface area contributed by atoms with Gasteiger partial charge in [-0.05, 0) is 44.4 Å². The quantitative estimate of drug-likeness (QED) is 0.101. The number of nitrogens with zero attached hydrogens (tertiary/aromatic N) is 2. The number of amides is 4. The predicted octanol–water partition coefficient (Wildman–Crippen LogP) is 0.841. The van der Waals surface area contributed by atoms with Crippen LogP contribution in [0.5, 0.6) is 0 Å². The normalized spacial score (nSPS) is 15.6. The van der Waals surface area contributed by atoms with Gasteiger partial charge in [0, 0.05) is 37.2 Å². The lowest BCUT2D eigenvalue weighted by Gasteiger charge is -2.28. The molecule has 248 valence electrons. The molecule has 1 fully saturated rings. The second-order valence-corrected chi connectivity index (χ2v) is 10.5. The first-order chi connectivity index (χ1) is 21.7. The highest BCUT2D eigenvalue weighted by molar-refractivity contribution is 5.95. The standard InChI is InChI=1S/C24H32N4O8.C6H6N2O2/c1-14(25-19(29)10-11-20(30)31)21(32)26-15(2)23(34)28-12-6-9-18(28)22(33)27-17(24(35)36)13-16-7-4-3-5-8-16;7-5-1-3-6(4-2-5)8(9)10/h3-5,7-8,14-15,17-18H,6,9-13H2,1-2H3,(H,25,29)(H,26,32)(H,27,33)(H,30,31)(H,35,36);1-4H,7H2/t14-,15-,17-,18-;/m0./s1. The van der Waals surface area contributed by atoms with Crippen LogP contribution in [0, 0.1) is 10.1 Å². The predicted molar refractivity (Wildman–Crippen MR) is 164 cm³/mol. The van der Waals surface area contributed by atoms with Gasteiger partial charge in [-0.1, -0.05) is 30.3 Å². The third-order valence-electron chi connectivity index (χ3n) is 6.91. The monoisotopic (exact) mass is 642 g/mol. The number of nitro groups is 1. The number of nitrogens with one attached hydrogen (secondary N) is 3. The number of aliphatic carboxylic acids is 2. The maximum atomic E-state index is 13.0. The van der Waals surface area contributed by atoms with Crippen molar-refractivity contribution in [2.45, 2.75) is 70.1 Å². The largest absolute Gasteiger partial charge is 0.481 e. The summed E-state index contributed by atoms with van der Waals surface area (Å²) in [6, 6.07) is 10.5. The van der Waals surface area contributed by atoms with Crippen LogP contribution in [0.1, 0.15) is 45.1 Å². The van der Waals surface area contributed by atoms with Crippen molar-refractivity contribution in [2.24, 2.45) is 0 Å². The zero-order chi connectivity index (χ0) is 34.4. The highest BCUT2D eigenvalue weighted by atomic mass is 16.6. The van der Waals surface area contributed by atoms with E-state index >= 15 is 0 Å². The molecule has 0 aliphatic carbocycles. The van der Waals surface area contributed by atoms with Crippen molar-refractivity contribution in [1.82, 2.24) is 20.9 Å². The van der Waals surface area contributed by atoms with Gasteiger partial charge in [-0.15, -0.1) is 0 Å². The van der Waals surface area contributed by atoms with Gasteiger partial charge in [0.1, 0.15) is 24.2 Å². The molecular weight excluding hydrogens is 604 g/mol. The summed E-state index contributed by atoms with van der Waals surface area (Å²) in [5.41, 5.74) is 6.64. The zero-order valence-electron chi connectivity index (χ0n) is 25.4. The number of nitro benzene ring substituents is 1. The van der Waals surface area contributed by atoms with Crippen LogP contribution < -0.4 is 21.7 Å². The molecule has 1 heterocycles. The van der Waals surface area contributed by atoms with Crippen molar-refractivity contribution in [2.75, 3.05) is 12.3 Å². The number of non-ortho nitro benzene ring substituents is 1. The zero-order valence-corrected chi connectivity index (χ0v) is 25.4. The molecule has 16 nitrogen and oxygen atoms in total. The number of nitrogens with two attached hydrogens (primary N) is 1. The van der Waals surface area contributed by atoms with E-state index in [1.165, 1.54) is 43.0 Å². The van der Waals surface area contributed by atoms with E-state index in [4.69, 9.17) is 10.8 Å².